The highest BCUT2D eigenvalue weighted by atomic mass is 32.2. The van der Waals surface area contributed by atoms with Gasteiger partial charge >= 0.3 is 12.4 Å². The SMILES string of the molecule is Cc1cc(Nc2n[nH]c(N)n2)cc(C(F)(F)F)c1-c1ccc(SNC(C)(C)C(F)(F)F)nc1. The van der Waals surface area contributed by atoms with Gasteiger partial charge in [-0.2, -0.15) is 31.3 Å². The number of alkyl halides is 6. The molecule has 3 aromatic rings. The van der Waals surface area contributed by atoms with Crippen molar-refractivity contribution >= 4 is 29.5 Å². The van der Waals surface area contributed by atoms with E-state index in [9.17, 15) is 26.3 Å². The van der Waals surface area contributed by atoms with Gasteiger partial charge in [0.15, 0.2) is 0 Å². The quantitative estimate of drug-likeness (QED) is 0.268. The third-order valence-corrected chi connectivity index (χ3v) is 5.61. The van der Waals surface area contributed by atoms with E-state index in [-0.39, 0.29) is 39.3 Å². The lowest BCUT2D eigenvalue weighted by molar-refractivity contribution is -0.179. The fourth-order valence-corrected chi connectivity index (χ4v) is 3.47. The molecule has 1 aromatic carbocycles. The molecule has 0 saturated heterocycles. The second-order valence-electron chi connectivity index (χ2n) is 7.59. The molecule has 0 radical (unpaired) electrons. The number of H-pyrrole nitrogens is 1. The van der Waals surface area contributed by atoms with Crippen molar-refractivity contribution in [2.75, 3.05) is 11.1 Å². The Morgan fingerprint density at radius 2 is 1.76 bits per heavy atom. The maximum absolute atomic E-state index is 13.9. The molecule has 33 heavy (non-hydrogen) atoms. The summed E-state index contributed by atoms with van der Waals surface area (Å²) >= 11 is 0.637. The van der Waals surface area contributed by atoms with Crippen LogP contribution in [0.25, 0.3) is 11.1 Å². The third-order valence-electron chi connectivity index (χ3n) is 4.54. The number of nitrogens with one attached hydrogen (secondary N) is 3. The van der Waals surface area contributed by atoms with Gasteiger partial charge in [0.25, 0.3) is 0 Å². The largest absolute Gasteiger partial charge is 0.417 e. The topological polar surface area (TPSA) is 105 Å². The van der Waals surface area contributed by atoms with Gasteiger partial charge in [0, 0.05) is 17.4 Å². The standard InChI is InChI=1S/C19H19F6N7S/c1-9-6-11(28-16-29-15(26)30-31-16)7-12(18(20,21)22)14(9)10-4-5-13(27-8-10)33-32-17(2,3)19(23,24)25/h4-8,32H,1-3H3,(H4,26,28,29,30,31). The molecular formula is C19H19F6N7S. The van der Waals surface area contributed by atoms with Crippen molar-refractivity contribution in [3.05, 3.63) is 41.6 Å². The number of hydrogen-bond donors (Lipinski definition) is 4. The zero-order valence-electron chi connectivity index (χ0n) is 17.5. The molecule has 2 heterocycles. The predicted octanol–water partition coefficient (Wildman–Crippen LogP) is 5.46. The monoisotopic (exact) mass is 491 g/mol. The average molecular weight is 491 g/mol. The van der Waals surface area contributed by atoms with Crippen molar-refractivity contribution in [3.63, 3.8) is 0 Å². The molecule has 0 amide bonds. The van der Waals surface area contributed by atoms with Crippen LogP contribution >= 0.6 is 11.9 Å². The molecule has 0 aliphatic rings. The maximum atomic E-state index is 13.9. The number of nitrogen functional groups attached to an aromatic ring is 1. The molecule has 178 valence electrons. The van der Waals surface area contributed by atoms with Gasteiger partial charge in [-0.25, -0.2) is 14.8 Å². The van der Waals surface area contributed by atoms with Gasteiger partial charge in [-0.3, -0.25) is 0 Å². The molecule has 14 heteroatoms. The summed E-state index contributed by atoms with van der Waals surface area (Å²) in [7, 11) is 0. The van der Waals surface area contributed by atoms with Gasteiger partial charge in [-0.05, 0) is 62.0 Å². The first-order chi connectivity index (χ1) is 15.2. The minimum atomic E-state index is -4.69. The molecule has 0 aliphatic carbocycles. The molecule has 0 atom stereocenters. The van der Waals surface area contributed by atoms with E-state index in [1.165, 1.54) is 31.3 Å². The number of anilines is 3. The molecule has 3 rings (SSSR count). The van der Waals surface area contributed by atoms with Crippen molar-refractivity contribution in [1.29, 1.82) is 0 Å². The number of rotatable bonds is 6. The molecule has 0 bridgehead atoms. The van der Waals surface area contributed by atoms with E-state index >= 15 is 0 Å². The van der Waals surface area contributed by atoms with Crippen molar-refractivity contribution in [2.45, 2.75) is 43.7 Å². The zero-order valence-corrected chi connectivity index (χ0v) is 18.3. The molecule has 0 fully saturated rings. The Balaban J connectivity index is 1.90. The summed E-state index contributed by atoms with van der Waals surface area (Å²) in [4.78, 5) is 7.81. The number of aromatic nitrogens is 4. The van der Waals surface area contributed by atoms with E-state index in [0.717, 1.165) is 19.9 Å². The Hall–Kier alpha value is -3.00. The number of pyridine rings is 1. The minimum absolute atomic E-state index is 0.000896. The second-order valence-corrected chi connectivity index (χ2v) is 8.42. The smallest absolute Gasteiger partial charge is 0.368 e. The van der Waals surface area contributed by atoms with Gasteiger partial charge in [0.1, 0.15) is 10.6 Å². The van der Waals surface area contributed by atoms with Crippen molar-refractivity contribution < 1.29 is 26.3 Å². The van der Waals surface area contributed by atoms with Crippen LogP contribution in [-0.2, 0) is 6.18 Å². The molecular weight excluding hydrogens is 472 g/mol. The second kappa shape index (κ2) is 8.74. The van der Waals surface area contributed by atoms with Crippen LogP contribution < -0.4 is 15.8 Å². The van der Waals surface area contributed by atoms with Crippen LogP contribution in [0.15, 0.2) is 35.5 Å². The first kappa shape index (κ1) is 24.6. The summed E-state index contributed by atoms with van der Waals surface area (Å²) < 4.78 is 82.7. The van der Waals surface area contributed by atoms with Gasteiger partial charge in [-0.15, -0.1) is 5.10 Å². The summed E-state index contributed by atoms with van der Waals surface area (Å²) in [6.45, 7) is 3.43. The predicted molar refractivity (Wildman–Crippen MR) is 113 cm³/mol. The molecule has 0 unspecified atom stereocenters. The first-order valence-corrected chi connectivity index (χ1v) is 10.1. The Kier molecular flexibility index (Phi) is 6.53. The Morgan fingerprint density at radius 3 is 2.27 bits per heavy atom. The number of nitrogens with two attached hydrogens (primary N) is 1. The minimum Gasteiger partial charge on any atom is -0.368 e. The van der Waals surface area contributed by atoms with Crippen molar-refractivity contribution in [1.82, 2.24) is 24.9 Å². The average Bonchev–Trinajstić information content (AvgIpc) is 3.09. The lowest BCUT2D eigenvalue weighted by Crippen LogP contribution is -2.48. The van der Waals surface area contributed by atoms with Gasteiger partial charge < -0.3 is 11.1 Å². The fraction of sp³-hybridized carbons (Fsp3) is 0.316. The molecule has 0 aliphatic heterocycles. The number of aryl methyl sites for hydroxylation is 1. The van der Waals surface area contributed by atoms with E-state index < -0.39 is 23.5 Å². The highest BCUT2D eigenvalue weighted by molar-refractivity contribution is 7.97. The number of benzene rings is 1. The highest BCUT2D eigenvalue weighted by Gasteiger charge is 2.47. The third kappa shape index (κ3) is 5.68. The van der Waals surface area contributed by atoms with E-state index in [2.05, 4.69) is 30.2 Å². The molecule has 2 aromatic heterocycles. The fourth-order valence-electron chi connectivity index (χ4n) is 2.75. The van der Waals surface area contributed by atoms with Gasteiger partial charge in [0.2, 0.25) is 11.9 Å². The maximum Gasteiger partial charge on any atom is 0.417 e. The molecule has 0 saturated carbocycles. The van der Waals surface area contributed by atoms with Crippen LogP contribution in [0, 0.1) is 6.92 Å². The summed E-state index contributed by atoms with van der Waals surface area (Å²) in [5.41, 5.74) is 2.76. The van der Waals surface area contributed by atoms with E-state index in [0.29, 0.717) is 11.9 Å². The number of hydrogen-bond acceptors (Lipinski definition) is 7. The normalized spacial score (nSPS) is 12.8. The van der Waals surface area contributed by atoms with E-state index in [1.54, 1.807) is 0 Å². The lowest BCUT2D eigenvalue weighted by atomic mass is 9.95. The van der Waals surface area contributed by atoms with Gasteiger partial charge in [0.05, 0.1) is 5.56 Å². The summed E-state index contributed by atoms with van der Waals surface area (Å²) in [5, 5.41) is 8.93. The van der Waals surface area contributed by atoms with Crippen LogP contribution in [0.1, 0.15) is 25.0 Å². The number of halogens is 6. The number of aromatic amines is 1. The van der Waals surface area contributed by atoms with Crippen LogP contribution in [0.5, 0.6) is 0 Å². The summed E-state index contributed by atoms with van der Waals surface area (Å²) in [6, 6.07) is 5.11. The molecule has 0 spiro atoms. The Labute approximate surface area is 188 Å². The summed E-state index contributed by atoms with van der Waals surface area (Å²) in [5.74, 6) is 0.00383. The Bertz CT molecular complexity index is 1120. The van der Waals surface area contributed by atoms with E-state index in [4.69, 9.17) is 5.73 Å². The Morgan fingerprint density at radius 1 is 1.06 bits per heavy atom. The molecule has 7 nitrogen and oxygen atoms in total. The van der Waals surface area contributed by atoms with Crippen molar-refractivity contribution in [3.8, 4) is 11.1 Å². The number of nitrogens with zero attached hydrogens (tertiary/aromatic N) is 3. The first-order valence-electron chi connectivity index (χ1n) is 9.31. The lowest BCUT2D eigenvalue weighted by Gasteiger charge is -2.28. The van der Waals surface area contributed by atoms with Crippen molar-refractivity contribution in [2.24, 2.45) is 0 Å². The zero-order chi connectivity index (χ0) is 24.6. The van der Waals surface area contributed by atoms with Crippen LogP contribution in [0.4, 0.5) is 43.9 Å². The van der Waals surface area contributed by atoms with Gasteiger partial charge in [-0.1, -0.05) is 6.07 Å². The summed E-state index contributed by atoms with van der Waals surface area (Å²) in [6.07, 6.45) is -8.00. The van der Waals surface area contributed by atoms with E-state index in [1.807, 2.05) is 0 Å². The van der Waals surface area contributed by atoms with Crippen LogP contribution in [0.2, 0.25) is 0 Å². The van der Waals surface area contributed by atoms with Crippen LogP contribution in [-0.4, -0.2) is 31.9 Å². The molecule has 5 N–H and O–H groups in total. The van der Waals surface area contributed by atoms with Crippen LogP contribution in [0.3, 0.4) is 0 Å². The highest BCUT2D eigenvalue weighted by Crippen LogP contribution is 2.41.